The molecule has 1 aliphatic heterocycles. The summed E-state index contributed by atoms with van der Waals surface area (Å²) in [5, 5.41) is 0. The highest BCUT2D eigenvalue weighted by atomic mass is 32.2. The van der Waals surface area contributed by atoms with Gasteiger partial charge >= 0.3 is 0 Å². The Labute approximate surface area is 103 Å². The molecule has 17 heavy (non-hydrogen) atoms. The van der Waals surface area contributed by atoms with Gasteiger partial charge in [0.25, 0.3) is 0 Å². The molecule has 1 aromatic rings. The van der Waals surface area contributed by atoms with Crippen molar-refractivity contribution in [3.8, 4) is 0 Å². The van der Waals surface area contributed by atoms with Crippen LogP contribution in [0.3, 0.4) is 0 Å². The summed E-state index contributed by atoms with van der Waals surface area (Å²) in [5.74, 6) is -0.0541. The van der Waals surface area contributed by atoms with Gasteiger partial charge in [0.1, 0.15) is 5.82 Å². The maximum atomic E-state index is 13.5. The summed E-state index contributed by atoms with van der Waals surface area (Å²) in [4.78, 5) is 0.234. The van der Waals surface area contributed by atoms with Gasteiger partial charge in [-0.25, -0.2) is 4.39 Å². The van der Waals surface area contributed by atoms with Crippen LogP contribution in [0, 0.1) is 5.82 Å². The molecular weight excluding hydrogens is 241 g/mol. The smallest absolute Gasteiger partial charge is 0.141 e. The van der Waals surface area contributed by atoms with E-state index in [1.165, 1.54) is 12.1 Å². The Morgan fingerprint density at radius 2 is 2.35 bits per heavy atom. The van der Waals surface area contributed by atoms with Crippen LogP contribution in [-0.2, 0) is 15.5 Å². The van der Waals surface area contributed by atoms with Gasteiger partial charge in [0.05, 0.1) is 21.8 Å². The maximum Gasteiger partial charge on any atom is 0.141 e. The predicted molar refractivity (Wildman–Crippen MR) is 65.7 cm³/mol. The molecule has 0 spiro atoms. The van der Waals surface area contributed by atoms with Crippen LogP contribution < -0.4 is 5.73 Å². The predicted octanol–water partition coefficient (Wildman–Crippen LogP) is 2.08. The molecule has 0 aromatic heterocycles. The molecule has 0 saturated carbocycles. The first kappa shape index (κ1) is 12.5. The van der Waals surface area contributed by atoms with E-state index in [4.69, 9.17) is 10.5 Å². The van der Waals surface area contributed by atoms with Gasteiger partial charge < -0.3 is 10.5 Å². The lowest BCUT2D eigenvalue weighted by Gasteiger charge is -2.09. The van der Waals surface area contributed by atoms with Gasteiger partial charge in [0.2, 0.25) is 0 Å². The fraction of sp³-hybridized carbons (Fsp3) is 0.500. The number of hydrogen-bond acceptors (Lipinski definition) is 3. The van der Waals surface area contributed by atoms with Crippen LogP contribution in [0.2, 0.25) is 0 Å². The van der Waals surface area contributed by atoms with E-state index in [1.807, 2.05) is 0 Å². The van der Waals surface area contributed by atoms with Crippen LogP contribution in [0.1, 0.15) is 19.3 Å². The Bertz CT molecular complexity index is 419. The van der Waals surface area contributed by atoms with Crippen molar-refractivity contribution in [1.82, 2.24) is 0 Å². The number of halogens is 1. The second kappa shape index (κ2) is 5.60. The molecule has 1 fully saturated rings. The second-order valence-corrected chi connectivity index (χ2v) is 5.70. The Balaban J connectivity index is 1.94. The van der Waals surface area contributed by atoms with Crippen LogP contribution in [-0.4, -0.2) is 22.7 Å². The van der Waals surface area contributed by atoms with E-state index >= 15 is 0 Å². The van der Waals surface area contributed by atoms with E-state index in [-0.39, 0.29) is 11.0 Å². The standard InChI is InChI=1S/C12H16FNO2S/c13-11-8-9(14)3-4-12(11)17(15)7-5-10-2-1-6-16-10/h3-4,8,10H,1-2,5-7,14H2. The van der Waals surface area contributed by atoms with E-state index in [0.29, 0.717) is 11.4 Å². The molecule has 0 amide bonds. The van der Waals surface area contributed by atoms with Crippen LogP contribution in [0.5, 0.6) is 0 Å². The fourth-order valence-corrected chi connectivity index (χ4v) is 3.12. The first-order valence-corrected chi connectivity index (χ1v) is 7.03. The van der Waals surface area contributed by atoms with Gasteiger partial charge in [-0.15, -0.1) is 0 Å². The molecular formula is C12H16FNO2S. The van der Waals surface area contributed by atoms with E-state index in [2.05, 4.69) is 0 Å². The molecule has 94 valence electrons. The molecule has 3 nitrogen and oxygen atoms in total. The van der Waals surface area contributed by atoms with Crippen LogP contribution in [0.15, 0.2) is 23.1 Å². The summed E-state index contributed by atoms with van der Waals surface area (Å²) in [5.41, 5.74) is 5.79. The Morgan fingerprint density at radius 3 is 3.00 bits per heavy atom. The third-order valence-electron chi connectivity index (χ3n) is 2.85. The Morgan fingerprint density at radius 1 is 1.53 bits per heavy atom. The maximum absolute atomic E-state index is 13.5. The van der Waals surface area contributed by atoms with Crippen LogP contribution in [0.4, 0.5) is 10.1 Å². The zero-order valence-electron chi connectivity index (χ0n) is 9.52. The average molecular weight is 257 g/mol. The number of nitrogens with two attached hydrogens (primary N) is 1. The number of ether oxygens (including phenoxy) is 1. The third kappa shape index (κ3) is 3.26. The van der Waals surface area contributed by atoms with Gasteiger partial charge in [0, 0.05) is 18.0 Å². The third-order valence-corrected chi connectivity index (χ3v) is 4.28. The van der Waals surface area contributed by atoms with E-state index in [9.17, 15) is 8.60 Å². The minimum Gasteiger partial charge on any atom is -0.399 e. The number of anilines is 1. The molecule has 0 radical (unpaired) electrons. The van der Waals surface area contributed by atoms with Gasteiger partial charge in [-0.2, -0.15) is 0 Å². The van der Waals surface area contributed by atoms with Crippen molar-refractivity contribution in [3.63, 3.8) is 0 Å². The van der Waals surface area contributed by atoms with E-state index in [1.54, 1.807) is 6.07 Å². The summed E-state index contributed by atoms with van der Waals surface area (Å²) in [6, 6.07) is 4.28. The SMILES string of the molecule is Nc1ccc(S(=O)CCC2CCCO2)c(F)c1. The van der Waals surface area contributed by atoms with Crippen molar-refractivity contribution in [2.75, 3.05) is 18.1 Å². The quantitative estimate of drug-likeness (QED) is 0.840. The minimum absolute atomic E-state index is 0.191. The Hall–Kier alpha value is -0.940. The minimum atomic E-state index is -1.31. The fourth-order valence-electron chi connectivity index (χ4n) is 1.92. The largest absolute Gasteiger partial charge is 0.399 e. The number of nitrogen functional groups attached to an aromatic ring is 1. The number of hydrogen-bond donors (Lipinski definition) is 1. The molecule has 2 unspecified atom stereocenters. The summed E-state index contributed by atoms with van der Waals surface area (Å²) in [7, 11) is -1.31. The summed E-state index contributed by atoms with van der Waals surface area (Å²) >= 11 is 0. The lowest BCUT2D eigenvalue weighted by atomic mass is 10.2. The zero-order chi connectivity index (χ0) is 12.3. The number of rotatable bonds is 4. The molecule has 1 aliphatic rings. The topological polar surface area (TPSA) is 52.3 Å². The van der Waals surface area contributed by atoms with Gasteiger partial charge in [-0.05, 0) is 37.5 Å². The summed E-state index contributed by atoms with van der Waals surface area (Å²) in [6.07, 6.45) is 2.99. The first-order chi connectivity index (χ1) is 8.16. The molecule has 1 aromatic carbocycles. The molecule has 5 heteroatoms. The van der Waals surface area contributed by atoms with Gasteiger partial charge in [-0.1, -0.05) is 0 Å². The van der Waals surface area contributed by atoms with Crippen molar-refractivity contribution < 1.29 is 13.3 Å². The Kier molecular flexibility index (Phi) is 4.12. The normalized spacial score (nSPS) is 21.6. The van der Waals surface area contributed by atoms with E-state index in [0.717, 1.165) is 25.9 Å². The van der Waals surface area contributed by atoms with Crippen molar-refractivity contribution in [2.24, 2.45) is 0 Å². The molecule has 2 N–H and O–H groups in total. The molecule has 0 bridgehead atoms. The van der Waals surface area contributed by atoms with Crippen molar-refractivity contribution in [2.45, 2.75) is 30.3 Å². The van der Waals surface area contributed by atoms with Gasteiger partial charge in [-0.3, -0.25) is 4.21 Å². The molecule has 1 saturated heterocycles. The van der Waals surface area contributed by atoms with Crippen LogP contribution >= 0.6 is 0 Å². The molecule has 2 atom stereocenters. The van der Waals surface area contributed by atoms with Crippen LogP contribution in [0.25, 0.3) is 0 Å². The second-order valence-electron chi connectivity index (χ2n) is 4.16. The zero-order valence-corrected chi connectivity index (χ0v) is 10.3. The highest BCUT2D eigenvalue weighted by molar-refractivity contribution is 7.85. The molecule has 0 aliphatic carbocycles. The lowest BCUT2D eigenvalue weighted by Crippen LogP contribution is -2.11. The average Bonchev–Trinajstić information content (AvgIpc) is 2.78. The monoisotopic (exact) mass is 257 g/mol. The lowest BCUT2D eigenvalue weighted by molar-refractivity contribution is 0.109. The van der Waals surface area contributed by atoms with Gasteiger partial charge in [0.15, 0.2) is 0 Å². The van der Waals surface area contributed by atoms with E-state index < -0.39 is 16.6 Å². The van der Waals surface area contributed by atoms with Crippen molar-refractivity contribution in [1.29, 1.82) is 0 Å². The van der Waals surface area contributed by atoms with Crippen molar-refractivity contribution in [3.05, 3.63) is 24.0 Å². The number of benzene rings is 1. The van der Waals surface area contributed by atoms with Crippen molar-refractivity contribution >= 4 is 16.5 Å². The summed E-state index contributed by atoms with van der Waals surface area (Å²) < 4.78 is 30.8. The highest BCUT2D eigenvalue weighted by Gasteiger charge is 2.18. The molecule has 1 heterocycles. The molecule has 2 rings (SSSR count). The highest BCUT2D eigenvalue weighted by Crippen LogP contribution is 2.19. The first-order valence-electron chi connectivity index (χ1n) is 5.72. The summed E-state index contributed by atoms with van der Waals surface area (Å²) in [6.45, 7) is 0.785.